The molecule has 36 heavy (non-hydrogen) atoms. The van der Waals surface area contributed by atoms with E-state index < -0.39 is 11.8 Å². The van der Waals surface area contributed by atoms with Crippen LogP contribution in [0.3, 0.4) is 0 Å². The number of H-pyrrole nitrogens is 1. The fourth-order valence-electron chi connectivity index (χ4n) is 4.09. The van der Waals surface area contributed by atoms with Crippen LogP contribution in [-0.2, 0) is 0 Å². The second-order valence-electron chi connectivity index (χ2n) is 8.43. The number of anilines is 3. The molecule has 3 heterocycles. The molecule has 0 atom stereocenters. The fraction of sp³-hybridized carbons (Fsp3) is 0.192. The van der Waals surface area contributed by atoms with Crippen molar-refractivity contribution in [1.29, 1.82) is 0 Å². The zero-order chi connectivity index (χ0) is 24.9. The number of aromatic nitrogens is 3. The number of nitrogens with zero attached hydrogens (tertiary/aromatic N) is 3. The van der Waals surface area contributed by atoms with E-state index in [9.17, 15) is 9.18 Å². The van der Waals surface area contributed by atoms with E-state index in [2.05, 4.69) is 30.7 Å². The molecule has 4 aromatic rings. The largest absolute Gasteiger partial charge is 0.457 e. The highest BCUT2D eigenvalue weighted by Gasteiger charge is 2.14. The number of hydrogen-bond donors (Lipinski definition) is 3. The zero-order valence-electron chi connectivity index (χ0n) is 19.3. The van der Waals surface area contributed by atoms with Crippen LogP contribution in [0, 0.1) is 5.82 Å². The van der Waals surface area contributed by atoms with Crippen LogP contribution < -0.4 is 20.3 Å². The van der Waals surface area contributed by atoms with Crippen LogP contribution in [-0.4, -0.2) is 34.3 Å². The quantitative estimate of drug-likeness (QED) is 0.271. The van der Waals surface area contributed by atoms with Gasteiger partial charge in [0.25, 0.3) is 0 Å². The lowest BCUT2D eigenvalue weighted by Crippen LogP contribution is -2.29. The van der Waals surface area contributed by atoms with Crippen molar-refractivity contribution in [2.24, 2.45) is 0 Å². The molecule has 0 radical (unpaired) electrons. The van der Waals surface area contributed by atoms with Crippen LogP contribution in [0.1, 0.15) is 19.3 Å². The summed E-state index contributed by atoms with van der Waals surface area (Å²) in [6.07, 6.45) is 8.43. The minimum atomic E-state index is -0.633. The molecule has 0 bridgehead atoms. The minimum Gasteiger partial charge on any atom is -0.457 e. The summed E-state index contributed by atoms with van der Waals surface area (Å²) in [6.45, 7) is 1.91. The average molecular weight is 507 g/mol. The van der Waals surface area contributed by atoms with Crippen LogP contribution in [0.25, 0.3) is 11.3 Å². The average Bonchev–Trinajstić information content (AvgIpc) is 3.41. The van der Waals surface area contributed by atoms with Crippen molar-refractivity contribution in [3.63, 3.8) is 0 Å². The Balaban J connectivity index is 1.23. The van der Waals surface area contributed by atoms with Crippen LogP contribution in [0.15, 0.2) is 67.1 Å². The first kappa shape index (κ1) is 23.6. The standard InChI is InChI=1S/C26H24ClFN6O2/c27-18-10-19(12-20(11-18)34-8-2-1-3-9-34)32-26(35)33-24-5-4-21(13-23(24)28)36-22-6-7-29-25(14-22)17-15-30-31-16-17/h4-7,10-16H,1-3,8-9H2,(H,30,31)(H2,32,33,35). The molecule has 2 aromatic heterocycles. The van der Waals surface area contributed by atoms with Gasteiger partial charge in [0.2, 0.25) is 0 Å². The lowest BCUT2D eigenvalue weighted by molar-refractivity contribution is 0.262. The third-order valence-electron chi connectivity index (χ3n) is 5.81. The van der Waals surface area contributed by atoms with Gasteiger partial charge >= 0.3 is 6.03 Å². The van der Waals surface area contributed by atoms with Gasteiger partial charge in [-0.1, -0.05) is 11.6 Å². The Bertz CT molecular complexity index is 1360. The lowest BCUT2D eigenvalue weighted by Gasteiger charge is -2.29. The van der Waals surface area contributed by atoms with Gasteiger partial charge in [-0.05, 0) is 55.7 Å². The molecule has 0 aliphatic carbocycles. The van der Waals surface area contributed by atoms with Gasteiger partial charge in [-0.3, -0.25) is 10.1 Å². The molecule has 184 valence electrons. The Morgan fingerprint density at radius 1 is 1.03 bits per heavy atom. The SMILES string of the molecule is O=C(Nc1cc(Cl)cc(N2CCCCC2)c1)Nc1ccc(Oc2ccnc(-c3cn[nH]c3)c2)cc1F. The molecule has 1 aliphatic heterocycles. The van der Waals surface area contributed by atoms with Gasteiger partial charge in [-0.15, -0.1) is 0 Å². The molecule has 1 fully saturated rings. The van der Waals surface area contributed by atoms with E-state index in [1.807, 2.05) is 12.1 Å². The zero-order valence-corrected chi connectivity index (χ0v) is 20.1. The van der Waals surface area contributed by atoms with Crippen LogP contribution in [0.2, 0.25) is 5.02 Å². The molecular formula is C26H24ClFN6O2. The first-order chi connectivity index (χ1) is 17.5. The molecule has 1 aliphatic rings. The summed E-state index contributed by atoms with van der Waals surface area (Å²) in [5, 5.41) is 12.4. The van der Waals surface area contributed by atoms with E-state index >= 15 is 0 Å². The Hall–Kier alpha value is -4.11. The van der Waals surface area contributed by atoms with Gasteiger partial charge in [0, 0.05) is 59.6 Å². The minimum absolute atomic E-state index is 0.0203. The number of amides is 2. The molecule has 2 amide bonds. The number of carbonyl (C=O) groups excluding carboxylic acids is 1. The monoisotopic (exact) mass is 506 g/mol. The molecule has 8 nitrogen and oxygen atoms in total. The van der Waals surface area contributed by atoms with E-state index in [0.29, 0.717) is 22.2 Å². The number of rotatable bonds is 6. The molecule has 3 N–H and O–H groups in total. The summed E-state index contributed by atoms with van der Waals surface area (Å²) < 4.78 is 20.5. The van der Waals surface area contributed by atoms with Crippen molar-refractivity contribution >= 4 is 34.7 Å². The molecule has 0 spiro atoms. The molecule has 0 unspecified atom stereocenters. The normalized spacial score (nSPS) is 13.3. The van der Waals surface area contributed by atoms with E-state index in [1.165, 1.54) is 18.6 Å². The topological polar surface area (TPSA) is 95.2 Å². The van der Waals surface area contributed by atoms with Gasteiger partial charge in [0.1, 0.15) is 17.3 Å². The number of piperidine rings is 1. The van der Waals surface area contributed by atoms with E-state index in [1.54, 1.807) is 42.9 Å². The predicted octanol–water partition coefficient (Wildman–Crippen LogP) is 6.69. The lowest BCUT2D eigenvalue weighted by atomic mass is 10.1. The van der Waals surface area contributed by atoms with Crippen molar-refractivity contribution in [2.45, 2.75) is 19.3 Å². The Kier molecular flexibility index (Phi) is 6.99. The predicted molar refractivity (Wildman–Crippen MR) is 138 cm³/mol. The number of ether oxygens (including phenoxy) is 1. The number of aromatic amines is 1. The maximum absolute atomic E-state index is 14.8. The maximum atomic E-state index is 14.8. The first-order valence-corrected chi connectivity index (χ1v) is 12.0. The van der Waals surface area contributed by atoms with Crippen molar-refractivity contribution in [2.75, 3.05) is 28.6 Å². The molecule has 10 heteroatoms. The highest BCUT2D eigenvalue weighted by Crippen LogP contribution is 2.30. The highest BCUT2D eigenvalue weighted by atomic mass is 35.5. The molecule has 2 aromatic carbocycles. The van der Waals surface area contributed by atoms with E-state index in [0.717, 1.165) is 37.2 Å². The van der Waals surface area contributed by atoms with Gasteiger partial charge in [-0.2, -0.15) is 5.10 Å². The molecule has 0 saturated carbocycles. The summed E-state index contributed by atoms with van der Waals surface area (Å²) in [5.41, 5.74) is 2.98. The second kappa shape index (κ2) is 10.7. The highest BCUT2D eigenvalue weighted by molar-refractivity contribution is 6.31. The second-order valence-corrected chi connectivity index (χ2v) is 8.87. The van der Waals surface area contributed by atoms with Crippen LogP contribution in [0.4, 0.5) is 26.2 Å². The van der Waals surface area contributed by atoms with E-state index in [4.69, 9.17) is 16.3 Å². The van der Waals surface area contributed by atoms with Gasteiger partial charge in [0.15, 0.2) is 0 Å². The third-order valence-corrected chi connectivity index (χ3v) is 6.03. The number of nitrogens with one attached hydrogen (secondary N) is 3. The first-order valence-electron chi connectivity index (χ1n) is 11.6. The number of hydrogen-bond acceptors (Lipinski definition) is 5. The summed E-state index contributed by atoms with van der Waals surface area (Å²) in [6, 6.07) is 12.5. The summed E-state index contributed by atoms with van der Waals surface area (Å²) >= 11 is 6.28. The number of benzene rings is 2. The smallest absolute Gasteiger partial charge is 0.323 e. The Labute approximate surface area is 212 Å². The van der Waals surface area contributed by atoms with Crippen molar-refractivity contribution < 1.29 is 13.9 Å². The van der Waals surface area contributed by atoms with Gasteiger partial charge < -0.3 is 20.3 Å². The number of carbonyl (C=O) groups is 1. The molecular weight excluding hydrogens is 483 g/mol. The maximum Gasteiger partial charge on any atom is 0.323 e. The number of urea groups is 1. The van der Waals surface area contributed by atoms with Crippen molar-refractivity contribution in [3.8, 4) is 22.8 Å². The van der Waals surface area contributed by atoms with Crippen molar-refractivity contribution in [3.05, 3.63) is 78.0 Å². The number of pyridine rings is 1. The Morgan fingerprint density at radius 3 is 2.64 bits per heavy atom. The van der Waals surface area contributed by atoms with Crippen LogP contribution in [0.5, 0.6) is 11.5 Å². The van der Waals surface area contributed by atoms with Crippen molar-refractivity contribution in [1.82, 2.24) is 15.2 Å². The molecule has 1 saturated heterocycles. The van der Waals surface area contributed by atoms with Gasteiger partial charge in [-0.25, -0.2) is 9.18 Å². The van der Waals surface area contributed by atoms with E-state index in [-0.39, 0.29) is 11.4 Å². The summed E-state index contributed by atoms with van der Waals surface area (Å²) in [4.78, 5) is 19.1. The number of halogens is 2. The fourth-order valence-corrected chi connectivity index (χ4v) is 4.32. The summed E-state index contributed by atoms with van der Waals surface area (Å²) in [5.74, 6) is 0.139. The van der Waals surface area contributed by atoms with Crippen LogP contribution >= 0.6 is 11.6 Å². The third kappa shape index (κ3) is 5.75. The van der Waals surface area contributed by atoms with Gasteiger partial charge in [0.05, 0.1) is 17.6 Å². The summed E-state index contributed by atoms with van der Waals surface area (Å²) in [7, 11) is 0. The Morgan fingerprint density at radius 2 is 1.86 bits per heavy atom. The molecule has 5 rings (SSSR count).